The van der Waals surface area contributed by atoms with Crippen LogP contribution in [-0.2, 0) is 6.42 Å². The first-order chi connectivity index (χ1) is 7.65. The van der Waals surface area contributed by atoms with Gasteiger partial charge in [0.25, 0.3) is 0 Å². The maximum atomic E-state index is 9.96. The molecule has 0 radical (unpaired) electrons. The fourth-order valence-corrected chi connectivity index (χ4v) is 2.44. The summed E-state index contributed by atoms with van der Waals surface area (Å²) in [6.07, 6.45) is 1.50. The van der Waals surface area contributed by atoms with Crippen molar-refractivity contribution in [2.24, 2.45) is 0 Å². The zero-order chi connectivity index (χ0) is 11.5. The molecule has 0 aromatic carbocycles. The van der Waals surface area contributed by atoms with Crippen LogP contribution in [0, 0.1) is 0 Å². The topological polar surface area (TPSA) is 46.0 Å². The summed E-state index contributed by atoms with van der Waals surface area (Å²) >= 11 is 13.0. The van der Waals surface area contributed by atoms with Crippen LogP contribution in [0.4, 0.5) is 0 Å². The minimum Gasteiger partial charge on any atom is -0.388 e. The molecule has 1 atom stereocenters. The molecule has 0 fully saturated rings. The molecule has 0 amide bonds. The Morgan fingerprint density at radius 1 is 1.31 bits per heavy atom. The van der Waals surface area contributed by atoms with Crippen molar-refractivity contribution >= 4 is 34.5 Å². The maximum Gasteiger partial charge on any atom is 0.131 e. The van der Waals surface area contributed by atoms with E-state index in [9.17, 15) is 5.11 Å². The summed E-state index contributed by atoms with van der Waals surface area (Å²) in [5.41, 5.74) is 0.653. The van der Waals surface area contributed by atoms with E-state index in [2.05, 4.69) is 9.97 Å². The second-order valence-electron chi connectivity index (χ2n) is 3.19. The molecule has 3 nitrogen and oxygen atoms in total. The van der Waals surface area contributed by atoms with E-state index in [0.29, 0.717) is 12.0 Å². The van der Waals surface area contributed by atoms with E-state index in [1.54, 1.807) is 18.3 Å². The van der Waals surface area contributed by atoms with Crippen LogP contribution < -0.4 is 0 Å². The Morgan fingerprint density at radius 3 is 2.56 bits per heavy atom. The second-order valence-corrected chi connectivity index (χ2v) is 4.95. The van der Waals surface area contributed by atoms with E-state index < -0.39 is 6.10 Å². The van der Waals surface area contributed by atoms with Gasteiger partial charge in [0.05, 0.1) is 11.1 Å². The lowest BCUT2D eigenvalue weighted by atomic mass is 10.1. The molecule has 0 aliphatic carbocycles. The third-order valence-electron chi connectivity index (χ3n) is 2.02. The smallest absolute Gasteiger partial charge is 0.131 e. The second kappa shape index (κ2) is 5.10. The van der Waals surface area contributed by atoms with Gasteiger partial charge in [-0.25, -0.2) is 9.97 Å². The Labute approximate surface area is 107 Å². The van der Waals surface area contributed by atoms with Crippen molar-refractivity contribution < 1.29 is 5.11 Å². The summed E-state index contributed by atoms with van der Waals surface area (Å²) in [4.78, 5) is 7.92. The van der Waals surface area contributed by atoms with Gasteiger partial charge in [-0.3, -0.25) is 0 Å². The molecule has 0 aliphatic heterocycles. The molecule has 1 unspecified atom stereocenters. The number of hydrogen-bond acceptors (Lipinski definition) is 4. The van der Waals surface area contributed by atoms with Crippen molar-refractivity contribution in [2.45, 2.75) is 12.5 Å². The molecule has 1 N–H and O–H groups in total. The predicted molar refractivity (Wildman–Crippen MR) is 65.0 cm³/mol. The van der Waals surface area contributed by atoms with Crippen molar-refractivity contribution in [1.82, 2.24) is 9.97 Å². The van der Waals surface area contributed by atoms with Crippen molar-refractivity contribution in [2.75, 3.05) is 0 Å². The Hall–Kier alpha value is -0.680. The Kier molecular flexibility index (Phi) is 3.76. The Morgan fingerprint density at radius 2 is 2.00 bits per heavy atom. The lowest BCUT2D eigenvalue weighted by Crippen LogP contribution is -2.02. The van der Waals surface area contributed by atoms with Crippen molar-refractivity contribution in [3.05, 3.63) is 44.6 Å². The highest BCUT2D eigenvalue weighted by Gasteiger charge is 2.12. The number of nitrogens with zero attached hydrogens (tertiary/aromatic N) is 2. The largest absolute Gasteiger partial charge is 0.388 e. The minimum absolute atomic E-state index is 0.278. The molecule has 6 heteroatoms. The first-order valence-corrected chi connectivity index (χ1v) is 6.18. The van der Waals surface area contributed by atoms with Gasteiger partial charge in [0, 0.05) is 18.0 Å². The highest BCUT2D eigenvalue weighted by Crippen LogP contribution is 2.23. The fraction of sp³-hybridized carbons (Fsp3) is 0.200. The van der Waals surface area contributed by atoms with Crippen LogP contribution in [0.1, 0.15) is 16.7 Å². The molecule has 0 saturated heterocycles. The van der Waals surface area contributed by atoms with Crippen molar-refractivity contribution in [3.63, 3.8) is 0 Å². The monoisotopic (exact) mass is 274 g/mol. The van der Waals surface area contributed by atoms with E-state index >= 15 is 0 Å². The molecule has 0 spiro atoms. The fourth-order valence-electron chi connectivity index (χ4n) is 1.31. The molecule has 0 bridgehead atoms. The first kappa shape index (κ1) is 11.8. The first-order valence-electron chi connectivity index (χ1n) is 4.54. The van der Waals surface area contributed by atoms with Crippen LogP contribution in [0.3, 0.4) is 0 Å². The molecule has 2 rings (SSSR count). The van der Waals surface area contributed by atoms with E-state index in [-0.39, 0.29) is 10.3 Å². The Balaban J connectivity index is 2.17. The molecule has 2 heterocycles. The lowest BCUT2D eigenvalue weighted by Gasteiger charge is -2.09. The molecule has 2 aromatic heterocycles. The predicted octanol–water partition coefficient (Wildman–Crippen LogP) is 3.12. The molecular weight excluding hydrogens is 267 g/mol. The van der Waals surface area contributed by atoms with Crippen LogP contribution in [-0.4, -0.2) is 15.1 Å². The van der Waals surface area contributed by atoms with E-state index in [1.165, 1.54) is 11.3 Å². The lowest BCUT2D eigenvalue weighted by molar-refractivity contribution is 0.178. The number of rotatable bonds is 3. The van der Waals surface area contributed by atoms with Crippen LogP contribution in [0.25, 0.3) is 0 Å². The van der Waals surface area contributed by atoms with Gasteiger partial charge in [0.15, 0.2) is 0 Å². The zero-order valence-electron chi connectivity index (χ0n) is 8.10. The maximum absolute atomic E-state index is 9.96. The molecule has 0 saturated carbocycles. The molecule has 0 aliphatic rings. The van der Waals surface area contributed by atoms with Crippen LogP contribution in [0.5, 0.6) is 0 Å². The summed E-state index contributed by atoms with van der Waals surface area (Å²) in [5.74, 6) is 0. The van der Waals surface area contributed by atoms with Gasteiger partial charge in [-0.15, -0.1) is 11.3 Å². The van der Waals surface area contributed by atoms with E-state index in [1.807, 2.05) is 5.38 Å². The highest BCUT2D eigenvalue weighted by atomic mass is 35.5. The molecule has 16 heavy (non-hydrogen) atoms. The van der Waals surface area contributed by atoms with Gasteiger partial charge >= 0.3 is 0 Å². The number of halogens is 2. The van der Waals surface area contributed by atoms with Crippen LogP contribution in [0.15, 0.2) is 23.7 Å². The zero-order valence-corrected chi connectivity index (χ0v) is 10.4. The minimum atomic E-state index is -0.663. The quantitative estimate of drug-likeness (QED) is 0.875. The summed E-state index contributed by atoms with van der Waals surface area (Å²) in [6.45, 7) is 0. The van der Waals surface area contributed by atoms with Crippen molar-refractivity contribution in [3.8, 4) is 0 Å². The van der Waals surface area contributed by atoms with Gasteiger partial charge in [-0.1, -0.05) is 23.2 Å². The van der Waals surface area contributed by atoms with Crippen molar-refractivity contribution in [1.29, 1.82) is 0 Å². The van der Waals surface area contributed by atoms with Crippen LogP contribution >= 0.6 is 34.5 Å². The number of hydrogen-bond donors (Lipinski definition) is 1. The van der Waals surface area contributed by atoms with E-state index in [4.69, 9.17) is 23.2 Å². The molecule has 2 aromatic rings. The van der Waals surface area contributed by atoms with Crippen LogP contribution in [0.2, 0.25) is 10.3 Å². The summed E-state index contributed by atoms with van der Waals surface area (Å²) in [5, 5.41) is 13.3. The number of thiazole rings is 1. The Bertz CT molecular complexity index is 455. The van der Waals surface area contributed by atoms with Gasteiger partial charge in [0.1, 0.15) is 10.3 Å². The average molecular weight is 275 g/mol. The summed E-state index contributed by atoms with van der Waals surface area (Å²) < 4.78 is 0. The number of pyridine rings is 1. The van der Waals surface area contributed by atoms with E-state index in [0.717, 1.165) is 5.01 Å². The summed E-state index contributed by atoms with van der Waals surface area (Å²) in [6, 6.07) is 3.21. The SMILES string of the molecule is OC(Cc1nccs1)c1cc(Cl)nc(Cl)c1. The van der Waals surface area contributed by atoms with Gasteiger partial charge < -0.3 is 5.11 Å². The molecule has 84 valence electrons. The third-order valence-corrected chi connectivity index (χ3v) is 3.21. The normalized spacial score (nSPS) is 12.7. The van der Waals surface area contributed by atoms with Gasteiger partial charge in [0.2, 0.25) is 0 Å². The van der Waals surface area contributed by atoms with Gasteiger partial charge in [-0.2, -0.15) is 0 Å². The standard InChI is InChI=1S/C10H8Cl2N2OS/c11-8-3-6(4-9(12)14-8)7(15)5-10-13-1-2-16-10/h1-4,7,15H,5H2. The average Bonchev–Trinajstić information content (AvgIpc) is 2.68. The highest BCUT2D eigenvalue weighted by molar-refractivity contribution is 7.09. The third kappa shape index (κ3) is 2.92. The summed E-state index contributed by atoms with van der Waals surface area (Å²) in [7, 11) is 0. The van der Waals surface area contributed by atoms with Gasteiger partial charge in [-0.05, 0) is 17.7 Å². The number of aliphatic hydroxyl groups is 1. The number of aromatic nitrogens is 2. The number of aliphatic hydroxyl groups excluding tert-OH is 1. The molecular formula is C10H8Cl2N2OS.